The van der Waals surface area contributed by atoms with E-state index in [1.807, 2.05) is 14.0 Å². The topological polar surface area (TPSA) is 12.0 Å². The van der Waals surface area contributed by atoms with Crippen molar-refractivity contribution < 1.29 is 0 Å². The highest BCUT2D eigenvalue weighted by Gasteiger charge is 2.25. The lowest BCUT2D eigenvalue weighted by molar-refractivity contribution is 0.514. The van der Waals surface area contributed by atoms with Crippen molar-refractivity contribution in [3.63, 3.8) is 0 Å². The van der Waals surface area contributed by atoms with Crippen LogP contribution < -0.4 is 5.32 Å². The molecular formula is C13H18ClN. The van der Waals surface area contributed by atoms with Crippen LogP contribution >= 0.6 is 11.6 Å². The fourth-order valence-corrected chi connectivity index (χ4v) is 2.12. The van der Waals surface area contributed by atoms with Gasteiger partial charge in [-0.1, -0.05) is 36.6 Å². The minimum absolute atomic E-state index is 0.468. The summed E-state index contributed by atoms with van der Waals surface area (Å²) < 4.78 is 0. The Labute approximate surface area is 96.8 Å². The summed E-state index contributed by atoms with van der Waals surface area (Å²) in [5.41, 5.74) is 2.47. The molecule has 1 fully saturated rings. The van der Waals surface area contributed by atoms with E-state index in [1.54, 1.807) is 0 Å². The molecule has 1 unspecified atom stereocenters. The molecule has 1 nitrogen and oxygen atoms in total. The van der Waals surface area contributed by atoms with Gasteiger partial charge in [0, 0.05) is 11.1 Å². The van der Waals surface area contributed by atoms with Crippen LogP contribution in [0, 0.1) is 12.8 Å². The summed E-state index contributed by atoms with van der Waals surface area (Å²) >= 11 is 6.14. The molecule has 0 saturated heterocycles. The Hall–Kier alpha value is -0.530. The Kier molecular flexibility index (Phi) is 3.32. The second-order valence-corrected chi connectivity index (χ2v) is 4.94. The first-order valence-electron chi connectivity index (χ1n) is 5.64. The van der Waals surface area contributed by atoms with Crippen LogP contribution in [0.5, 0.6) is 0 Å². The zero-order chi connectivity index (χ0) is 10.8. The van der Waals surface area contributed by atoms with Gasteiger partial charge in [0.05, 0.1) is 0 Å². The summed E-state index contributed by atoms with van der Waals surface area (Å²) in [6.07, 6.45) is 4.05. The van der Waals surface area contributed by atoms with E-state index in [4.69, 9.17) is 11.6 Å². The molecule has 2 heteroatoms. The van der Waals surface area contributed by atoms with E-state index >= 15 is 0 Å². The van der Waals surface area contributed by atoms with Gasteiger partial charge in [-0.05, 0) is 43.5 Å². The number of nitrogens with one attached hydrogen (secondary N) is 1. The third kappa shape index (κ3) is 2.73. The van der Waals surface area contributed by atoms with Gasteiger partial charge in [-0.15, -0.1) is 0 Å². The van der Waals surface area contributed by atoms with Gasteiger partial charge in [0.1, 0.15) is 0 Å². The predicted molar refractivity (Wildman–Crippen MR) is 65.3 cm³/mol. The number of rotatable bonds is 4. The van der Waals surface area contributed by atoms with Crippen LogP contribution in [0.1, 0.15) is 36.4 Å². The smallest absolute Gasteiger partial charge is 0.0438 e. The van der Waals surface area contributed by atoms with E-state index in [0.717, 1.165) is 16.5 Å². The van der Waals surface area contributed by atoms with E-state index in [1.165, 1.54) is 24.8 Å². The number of halogens is 1. The van der Waals surface area contributed by atoms with Crippen molar-refractivity contribution in [3.05, 3.63) is 34.3 Å². The average molecular weight is 224 g/mol. The molecule has 1 N–H and O–H groups in total. The molecule has 1 aliphatic carbocycles. The van der Waals surface area contributed by atoms with E-state index < -0.39 is 0 Å². The van der Waals surface area contributed by atoms with Crippen molar-refractivity contribution in [2.75, 3.05) is 7.05 Å². The molecule has 0 bridgehead atoms. The van der Waals surface area contributed by atoms with Crippen LogP contribution in [-0.4, -0.2) is 7.05 Å². The van der Waals surface area contributed by atoms with Gasteiger partial charge in [-0.2, -0.15) is 0 Å². The maximum absolute atomic E-state index is 6.14. The third-order valence-electron chi connectivity index (χ3n) is 3.21. The Balaban J connectivity index is 2.13. The monoisotopic (exact) mass is 223 g/mol. The number of hydrogen-bond acceptors (Lipinski definition) is 1. The zero-order valence-corrected chi connectivity index (χ0v) is 10.1. The number of benzene rings is 1. The molecule has 0 spiro atoms. The quantitative estimate of drug-likeness (QED) is 0.821. The minimum atomic E-state index is 0.468. The SMILES string of the molecule is CNC(CC1CC1)c1ccc(C)c(Cl)c1. The molecule has 82 valence electrons. The lowest BCUT2D eigenvalue weighted by atomic mass is 10.0. The zero-order valence-electron chi connectivity index (χ0n) is 9.39. The molecule has 2 rings (SSSR count). The van der Waals surface area contributed by atoms with Crippen molar-refractivity contribution in [2.45, 2.75) is 32.2 Å². The molecule has 1 saturated carbocycles. The van der Waals surface area contributed by atoms with E-state index in [9.17, 15) is 0 Å². The summed E-state index contributed by atoms with van der Waals surface area (Å²) in [5.74, 6) is 0.933. The van der Waals surface area contributed by atoms with Crippen molar-refractivity contribution >= 4 is 11.6 Å². The largest absolute Gasteiger partial charge is 0.313 e. The first kappa shape index (κ1) is 11.0. The summed E-state index contributed by atoms with van der Waals surface area (Å²) in [6, 6.07) is 6.86. The summed E-state index contributed by atoms with van der Waals surface area (Å²) in [6.45, 7) is 2.04. The second kappa shape index (κ2) is 4.54. The standard InChI is InChI=1S/C13H18ClN/c1-9-3-6-11(8-12(9)14)13(15-2)7-10-4-5-10/h3,6,8,10,13,15H,4-5,7H2,1-2H3. The summed E-state index contributed by atoms with van der Waals surface area (Å²) in [7, 11) is 2.03. The van der Waals surface area contributed by atoms with Gasteiger partial charge in [0.2, 0.25) is 0 Å². The van der Waals surface area contributed by atoms with Crippen molar-refractivity contribution in [3.8, 4) is 0 Å². The molecule has 0 aliphatic heterocycles. The molecule has 1 aromatic rings. The highest BCUT2D eigenvalue weighted by Crippen LogP contribution is 2.38. The van der Waals surface area contributed by atoms with E-state index in [-0.39, 0.29) is 0 Å². The molecule has 0 aromatic heterocycles. The Morgan fingerprint density at radius 2 is 2.20 bits per heavy atom. The molecule has 15 heavy (non-hydrogen) atoms. The lowest BCUT2D eigenvalue weighted by Gasteiger charge is -2.17. The third-order valence-corrected chi connectivity index (χ3v) is 3.62. The summed E-state index contributed by atoms with van der Waals surface area (Å²) in [5, 5.41) is 4.26. The minimum Gasteiger partial charge on any atom is -0.313 e. The van der Waals surface area contributed by atoms with Crippen LogP contribution in [0.3, 0.4) is 0 Å². The van der Waals surface area contributed by atoms with Crippen LogP contribution in [0.15, 0.2) is 18.2 Å². The van der Waals surface area contributed by atoms with E-state index in [0.29, 0.717) is 6.04 Å². The van der Waals surface area contributed by atoms with Crippen LogP contribution in [0.4, 0.5) is 0 Å². The lowest BCUT2D eigenvalue weighted by Crippen LogP contribution is -2.16. The maximum atomic E-state index is 6.14. The molecular weight excluding hydrogens is 206 g/mol. The van der Waals surface area contributed by atoms with Gasteiger partial charge in [-0.25, -0.2) is 0 Å². The molecule has 0 radical (unpaired) electrons. The molecule has 1 atom stereocenters. The fourth-order valence-electron chi connectivity index (χ4n) is 1.93. The summed E-state index contributed by atoms with van der Waals surface area (Å²) in [4.78, 5) is 0. The van der Waals surface area contributed by atoms with Crippen molar-refractivity contribution in [1.82, 2.24) is 5.32 Å². The highest BCUT2D eigenvalue weighted by molar-refractivity contribution is 6.31. The number of hydrogen-bond donors (Lipinski definition) is 1. The first-order chi connectivity index (χ1) is 7.20. The number of aryl methyl sites for hydroxylation is 1. The normalized spacial score (nSPS) is 17.8. The van der Waals surface area contributed by atoms with E-state index in [2.05, 4.69) is 23.5 Å². The van der Waals surface area contributed by atoms with Crippen molar-refractivity contribution in [1.29, 1.82) is 0 Å². The maximum Gasteiger partial charge on any atom is 0.0438 e. The van der Waals surface area contributed by atoms with Crippen LogP contribution in [-0.2, 0) is 0 Å². The van der Waals surface area contributed by atoms with Crippen LogP contribution in [0.25, 0.3) is 0 Å². The van der Waals surface area contributed by atoms with Gasteiger partial charge >= 0.3 is 0 Å². The Morgan fingerprint density at radius 3 is 2.73 bits per heavy atom. The second-order valence-electron chi connectivity index (χ2n) is 4.53. The average Bonchev–Trinajstić information content (AvgIpc) is 3.02. The predicted octanol–water partition coefficient (Wildman–Crippen LogP) is 3.71. The Bertz CT molecular complexity index is 344. The molecule has 1 aliphatic rings. The van der Waals surface area contributed by atoms with Crippen molar-refractivity contribution in [2.24, 2.45) is 5.92 Å². The van der Waals surface area contributed by atoms with Gasteiger partial charge in [-0.3, -0.25) is 0 Å². The van der Waals surface area contributed by atoms with Gasteiger partial charge < -0.3 is 5.32 Å². The van der Waals surface area contributed by atoms with Gasteiger partial charge in [0.25, 0.3) is 0 Å². The highest BCUT2D eigenvalue weighted by atomic mass is 35.5. The Morgan fingerprint density at radius 1 is 1.47 bits per heavy atom. The molecule has 1 aromatic carbocycles. The van der Waals surface area contributed by atoms with Gasteiger partial charge in [0.15, 0.2) is 0 Å². The first-order valence-corrected chi connectivity index (χ1v) is 6.02. The molecule has 0 heterocycles. The van der Waals surface area contributed by atoms with Crippen LogP contribution in [0.2, 0.25) is 5.02 Å². The molecule has 0 amide bonds. The fraction of sp³-hybridized carbons (Fsp3) is 0.538.